The van der Waals surface area contributed by atoms with Crippen molar-refractivity contribution in [3.63, 3.8) is 0 Å². The van der Waals surface area contributed by atoms with E-state index in [1.165, 1.54) is 18.9 Å². The lowest BCUT2D eigenvalue weighted by Gasteiger charge is -2.22. The van der Waals surface area contributed by atoms with E-state index in [1.54, 1.807) is 38.1 Å². The Balaban J connectivity index is 2.81. The van der Waals surface area contributed by atoms with E-state index in [4.69, 9.17) is 0 Å². The molecular weight excluding hydrogens is 284 g/mol. The van der Waals surface area contributed by atoms with Crippen LogP contribution in [0.3, 0.4) is 0 Å². The van der Waals surface area contributed by atoms with Gasteiger partial charge < -0.3 is 15.0 Å². The fourth-order valence-corrected chi connectivity index (χ4v) is 1.88. The Hall–Kier alpha value is -2.37. The van der Waals surface area contributed by atoms with Crippen LogP contribution in [-0.2, 0) is 14.3 Å². The molecule has 1 aromatic rings. The summed E-state index contributed by atoms with van der Waals surface area (Å²) in [5, 5.41) is 2.76. The van der Waals surface area contributed by atoms with E-state index < -0.39 is 5.97 Å². The fourth-order valence-electron chi connectivity index (χ4n) is 1.88. The lowest BCUT2D eigenvalue weighted by molar-refractivity contribution is -0.124. The highest BCUT2D eigenvalue weighted by Crippen LogP contribution is 2.17. The Kier molecular flexibility index (Phi) is 6.56. The predicted octanol–water partition coefficient (Wildman–Crippen LogP) is 1.60. The van der Waals surface area contributed by atoms with Gasteiger partial charge in [0.2, 0.25) is 11.8 Å². The van der Waals surface area contributed by atoms with Crippen LogP contribution in [0.5, 0.6) is 0 Å². The number of methoxy groups -OCH3 is 1. The zero-order valence-electron chi connectivity index (χ0n) is 13.4. The number of nitrogens with one attached hydrogen (secondary N) is 1. The van der Waals surface area contributed by atoms with Crippen molar-refractivity contribution >= 4 is 23.5 Å². The number of anilines is 1. The molecule has 0 saturated heterocycles. The zero-order valence-corrected chi connectivity index (χ0v) is 13.4. The molecule has 1 rings (SSSR count). The first kappa shape index (κ1) is 17.7. The minimum atomic E-state index is -0.460. The summed E-state index contributed by atoms with van der Waals surface area (Å²) < 4.78 is 4.67. The van der Waals surface area contributed by atoms with E-state index >= 15 is 0 Å². The third kappa shape index (κ3) is 4.87. The van der Waals surface area contributed by atoms with Crippen molar-refractivity contribution in [1.29, 1.82) is 0 Å². The average molecular weight is 306 g/mol. The lowest BCUT2D eigenvalue weighted by atomic mass is 10.2. The molecule has 0 bridgehead atoms. The molecule has 0 saturated carbocycles. The largest absolute Gasteiger partial charge is 0.465 e. The van der Waals surface area contributed by atoms with Crippen molar-refractivity contribution in [3.8, 4) is 0 Å². The Morgan fingerprint density at radius 1 is 1.27 bits per heavy atom. The minimum Gasteiger partial charge on any atom is -0.465 e. The quantitative estimate of drug-likeness (QED) is 0.810. The highest BCUT2D eigenvalue weighted by molar-refractivity contribution is 5.95. The number of rotatable bonds is 6. The van der Waals surface area contributed by atoms with Gasteiger partial charge in [-0.05, 0) is 18.2 Å². The van der Waals surface area contributed by atoms with Crippen molar-refractivity contribution in [3.05, 3.63) is 29.8 Å². The third-order valence-corrected chi connectivity index (χ3v) is 3.12. The number of benzene rings is 1. The summed E-state index contributed by atoms with van der Waals surface area (Å²) in [4.78, 5) is 36.4. The monoisotopic (exact) mass is 306 g/mol. The van der Waals surface area contributed by atoms with E-state index in [2.05, 4.69) is 10.1 Å². The second-order valence-electron chi connectivity index (χ2n) is 5.16. The summed E-state index contributed by atoms with van der Waals surface area (Å²) in [6.07, 6.45) is 0. The molecule has 1 aromatic carbocycles. The Morgan fingerprint density at radius 3 is 2.50 bits per heavy atom. The van der Waals surface area contributed by atoms with Crippen LogP contribution < -0.4 is 10.2 Å². The van der Waals surface area contributed by atoms with Crippen LogP contribution in [0.15, 0.2) is 24.3 Å². The molecule has 1 N–H and O–H groups in total. The van der Waals surface area contributed by atoms with E-state index in [0.717, 1.165) is 0 Å². The van der Waals surface area contributed by atoms with E-state index in [1.807, 2.05) is 0 Å². The van der Waals surface area contributed by atoms with Gasteiger partial charge in [0.15, 0.2) is 0 Å². The number of nitrogens with zero attached hydrogens (tertiary/aromatic N) is 1. The predicted molar refractivity (Wildman–Crippen MR) is 83.7 cm³/mol. The molecule has 6 nitrogen and oxygen atoms in total. The van der Waals surface area contributed by atoms with Crippen molar-refractivity contribution in [1.82, 2.24) is 5.32 Å². The van der Waals surface area contributed by atoms with Crippen molar-refractivity contribution in [2.24, 2.45) is 5.92 Å². The first-order valence-electron chi connectivity index (χ1n) is 7.11. The van der Waals surface area contributed by atoms with Gasteiger partial charge >= 0.3 is 5.97 Å². The summed E-state index contributed by atoms with van der Waals surface area (Å²) in [6.45, 7) is 5.72. The van der Waals surface area contributed by atoms with E-state index in [0.29, 0.717) is 24.3 Å². The van der Waals surface area contributed by atoms with E-state index in [9.17, 15) is 14.4 Å². The number of amides is 2. The molecule has 0 heterocycles. The number of ether oxygens (including phenoxy) is 1. The second-order valence-corrected chi connectivity index (χ2v) is 5.16. The molecule has 0 unspecified atom stereocenters. The van der Waals surface area contributed by atoms with Gasteiger partial charge in [0.25, 0.3) is 0 Å². The van der Waals surface area contributed by atoms with Gasteiger partial charge in [0.05, 0.1) is 12.7 Å². The van der Waals surface area contributed by atoms with Crippen LogP contribution in [0.25, 0.3) is 0 Å². The topological polar surface area (TPSA) is 75.7 Å². The highest BCUT2D eigenvalue weighted by Gasteiger charge is 2.15. The third-order valence-electron chi connectivity index (χ3n) is 3.12. The van der Waals surface area contributed by atoms with Gasteiger partial charge in [0.1, 0.15) is 0 Å². The smallest absolute Gasteiger partial charge is 0.337 e. The lowest BCUT2D eigenvalue weighted by Crippen LogP contribution is -2.38. The van der Waals surface area contributed by atoms with Crippen LogP contribution in [0, 0.1) is 5.92 Å². The van der Waals surface area contributed by atoms with Crippen LogP contribution in [0.1, 0.15) is 31.1 Å². The van der Waals surface area contributed by atoms with Crippen molar-refractivity contribution in [2.75, 3.05) is 25.1 Å². The molecule has 0 aliphatic heterocycles. The zero-order chi connectivity index (χ0) is 16.7. The molecule has 0 aliphatic carbocycles. The number of hydrogen-bond donors (Lipinski definition) is 1. The Morgan fingerprint density at radius 2 is 1.95 bits per heavy atom. The molecule has 0 aromatic heterocycles. The van der Waals surface area contributed by atoms with Gasteiger partial charge in [-0.1, -0.05) is 19.9 Å². The normalized spacial score (nSPS) is 10.2. The second kappa shape index (κ2) is 8.17. The maximum Gasteiger partial charge on any atom is 0.337 e. The van der Waals surface area contributed by atoms with Crippen LogP contribution in [-0.4, -0.2) is 38.0 Å². The molecule has 0 atom stereocenters. The average Bonchev–Trinajstić information content (AvgIpc) is 2.50. The summed E-state index contributed by atoms with van der Waals surface area (Å²) >= 11 is 0. The first-order chi connectivity index (χ1) is 10.4. The van der Waals surface area contributed by atoms with Crippen LogP contribution in [0.2, 0.25) is 0 Å². The molecule has 22 heavy (non-hydrogen) atoms. The maximum atomic E-state index is 11.8. The van der Waals surface area contributed by atoms with Gasteiger partial charge in [-0.15, -0.1) is 0 Å². The number of esters is 1. The Labute approximate surface area is 130 Å². The highest BCUT2D eigenvalue weighted by atomic mass is 16.5. The molecule has 0 fully saturated rings. The molecule has 0 spiro atoms. The standard InChI is InChI=1S/C16H22N2O4/c1-11(2)15(20)17-8-9-18(12(3)19)14-7-5-6-13(10-14)16(21)22-4/h5-7,10-11H,8-9H2,1-4H3,(H,17,20). The molecule has 6 heteroatoms. The molecule has 120 valence electrons. The number of carbonyl (C=O) groups excluding carboxylic acids is 3. The summed E-state index contributed by atoms with van der Waals surface area (Å²) in [5.74, 6) is -0.792. The minimum absolute atomic E-state index is 0.0631. The van der Waals surface area contributed by atoms with Crippen LogP contribution in [0.4, 0.5) is 5.69 Å². The SMILES string of the molecule is COC(=O)c1cccc(N(CCNC(=O)C(C)C)C(C)=O)c1. The summed E-state index contributed by atoms with van der Waals surface area (Å²) in [5.41, 5.74) is 0.965. The number of hydrogen-bond acceptors (Lipinski definition) is 4. The maximum absolute atomic E-state index is 11.8. The molecule has 0 aliphatic rings. The number of carbonyl (C=O) groups is 3. The van der Waals surface area contributed by atoms with Crippen molar-refractivity contribution in [2.45, 2.75) is 20.8 Å². The molecule has 2 amide bonds. The summed E-state index contributed by atoms with van der Waals surface area (Å²) in [6, 6.07) is 6.63. The van der Waals surface area contributed by atoms with Crippen LogP contribution >= 0.6 is 0 Å². The van der Waals surface area contributed by atoms with Gasteiger partial charge in [-0.2, -0.15) is 0 Å². The summed E-state index contributed by atoms with van der Waals surface area (Å²) in [7, 11) is 1.30. The van der Waals surface area contributed by atoms with E-state index in [-0.39, 0.29) is 17.7 Å². The molecular formula is C16H22N2O4. The van der Waals surface area contributed by atoms with Gasteiger partial charge in [-0.25, -0.2) is 4.79 Å². The molecule has 0 radical (unpaired) electrons. The first-order valence-corrected chi connectivity index (χ1v) is 7.11. The van der Waals surface area contributed by atoms with Gasteiger partial charge in [-0.3, -0.25) is 9.59 Å². The van der Waals surface area contributed by atoms with Gasteiger partial charge in [0, 0.05) is 31.6 Å². The fraction of sp³-hybridized carbons (Fsp3) is 0.438. The van der Waals surface area contributed by atoms with Crippen molar-refractivity contribution < 1.29 is 19.1 Å². The Bertz CT molecular complexity index is 555.